The fourth-order valence-electron chi connectivity index (χ4n) is 1.82. The van der Waals surface area contributed by atoms with E-state index in [1.807, 2.05) is 45.9 Å². The predicted molar refractivity (Wildman–Crippen MR) is 72.6 cm³/mol. The number of esters is 1. The van der Waals surface area contributed by atoms with E-state index in [1.54, 1.807) is 0 Å². The van der Waals surface area contributed by atoms with Crippen molar-refractivity contribution in [1.29, 1.82) is 0 Å². The van der Waals surface area contributed by atoms with Crippen molar-refractivity contribution in [3.05, 3.63) is 29.5 Å². The van der Waals surface area contributed by atoms with Gasteiger partial charge in [0, 0.05) is 10.9 Å². The quantitative estimate of drug-likeness (QED) is 0.760. The standard InChI is InChI=1S/C14H18N2O2/c1-8-5-6-10-9(7-8)11(15)12(16-10)13(17)18-14(2,3)4/h5-7,16H,15H2,1-4H3. The predicted octanol–water partition coefficient (Wildman–Crippen LogP) is 3.01. The van der Waals surface area contributed by atoms with Gasteiger partial charge in [-0.25, -0.2) is 4.79 Å². The van der Waals surface area contributed by atoms with Crippen LogP contribution in [0.15, 0.2) is 18.2 Å². The molecule has 0 aliphatic carbocycles. The molecular formula is C14H18N2O2. The highest BCUT2D eigenvalue weighted by Gasteiger charge is 2.22. The minimum absolute atomic E-state index is 0.325. The van der Waals surface area contributed by atoms with Gasteiger partial charge in [-0.3, -0.25) is 0 Å². The van der Waals surface area contributed by atoms with Crippen molar-refractivity contribution < 1.29 is 9.53 Å². The maximum Gasteiger partial charge on any atom is 0.357 e. The lowest BCUT2D eigenvalue weighted by Crippen LogP contribution is -2.24. The number of aryl methyl sites for hydroxylation is 1. The zero-order valence-electron chi connectivity index (χ0n) is 11.1. The molecule has 1 aromatic carbocycles. The van der Waals surface area contributed by atoms with Crippen LogP contribution in [0.3, 0.4) is 0 Å². The van der Waals surface area contributed by atoms with Crippen molar-refractivity contribution in [3.63, 3.8) is 0 Å². The van der Waals surface area contributed by atoms with Crippen molar-refractivity contribution in [2.45, 2.75) is 33.3 Å². The average molecular weight is 246 g/mol. The van der Waals surface area contributed by atoms with E-state index in [4.69, 9.17) is 10.5 Å². The first-order chi connectivity index (χ1) is 8.28. The second kappa shape index (κ2) is 4.05. The number of fused-ring (bicyclic) bond motifs is 1. The molecule has 2 rings (SSSR count). The first-order valence-electron chi connectivity index (χ1n) is 5.89. The Morgan fingerprint density at radius 1 is 1.33 bits per heavy atom. The summed E-state index contributed by atoms with van der Waals surface area (Å²) in [5.41, 5.74) is 8.18. The highest BCUT2D eigenvalue weighted by Crippen LogP contribution is 2.27. The summed E-state index contributed by atoms with van der Waals surface area (Å²) in [6.07, 6.45) is 0. The lowest BCUT2D eigenvalue weighted by atomic mass is 10.1. The molecule has 18 heavy (non-hydrogen) atoms. The lowest BCUT2D eigenvalue weighted by molar-refractivity contribution is 0.00652. The van der Waals surface area contributed by atoms with Crippen molar-refractivity contribution in [1.82, 2.24) is 4.98 Å². The second-order valence-electron chi connectivity index (χ2n) is 5.46. The minimum Gasteiger partial charge on any atom is -0.455 e. The first kappa shape index (κ1) is 12.5. The number of nitrogen functional groups attached to an aromatic ring is 1. The molecule has 0 amide bonds. The van der Waals surface area contributed by atoms with E-state index in [2.05, 4.69) is 4.98 Å². The molecule has 0 unspecified atom stereocenters. The summed E-state index contributed by atoms with van der Waals surface area (Å²) in [4.78, 5) is 15.0. The van der Waals surface area contributed by atoms with Gasteiger partial charge in [-0.2, -0.15) is 0 Å². The van der Waals surface area contributed by atoms with E-state index >= 15 is 0 Å². The molecule has 1 heterocycles. The number of rotatable bonds is 1. The Kier molecular flexibility index (Phi) is 2.81. The van der Waals surface area contributed by atoms with Crippen LogP contribution in [0.25, 0.3) is 10.9 Å². The van der Waals surface area contributed by atoms with Crippen molar-refractivity contribution >= 4 is 22.6 Å². The lowest BCUT2D eigenvalue weighted by Gasteiger charge is -2.19. The van der Waals surface area contributed by atoms with Gasteiger partial charge in [-0.05, 0) is 39.8 Å². The van der Waals surface area contributed by atoms with E-state index in [-0.39, 0.29) is 0 Å². The number of aromatic amines is 1. The summed E-state index contributed by atoms with van der Waals surface area (Å²) in [5, 5.41) is 0.857. The number of hydrogen-bond acceptors (Lipinski definition) is 3. The van der Waals surface area contributed by atoms with E-state index in [0.29, 0.717) is 11.4 Å². The van der Waals surface area contributed by atoms with Gasteiger partial charge in [0.2, 0.25) is 0 Å². The molecule has 0 spiro atoms. The number of aromatic nitrogens is 1. The van der Waals surface area contributed by atoms with Gasteiger partial charge in [0.1, 0.15) is 11.3 Å². The number of nitrogens with two attached hydrogens (primary N) is 1. The summed E-state index contributed by atoms with van der Waals surface area (Å²) >= 11 is 0. The summed E-state index contributed by atoms with van der Waals surface area (Å²) in [6.45, 7) is 7.47. The van der Waals surface area contributed by atoms with Gasteiger partial charge in [-0.15, -0.1) is 0 Å². The number of benzene rings is 1. The largest absolute Gasteiger partial charge is 0.455 e. The van der Waals surface area contributed by atoms with Gasteiger partial charge >= 0.3 is 5.97 Å². The number of hydrogen-bond donors (Lipinski definition) is 2. The SMILES string of the molecule is Cc1ccc2[nH]c(C(=O)OC(C)(C)C)c(N)c2c1. The zero-order valence-corrected chi connectivity index (χ0v) is 11.1. The fraction of sp³-hybridized carbons (Fsp3) is 0.357. The molecule has 0 saturated heterocycles. The Morgan fingerprint density at radius 3 is 2.61 bits per heavy atom. The molecule has 0 fully saturated rings. The van der Waals surface area contributed by atoms with Crippen LogP contribution in [0.1, 0.15) is 36.8 Å². The highest BCUT2D eigenvalue weighted by atomic mass is 16.6. The number of carbonyl (C=O) groups excluding carboxylic acids is 1. The molecule has 2 aromatic rings. The molecule has 0 atom stereocenters. The monoisotopic (exact) mass is 246 g/mol. The summed E-state index contributed by atoms with van der Waals surface area (Å²) in [6, 6.07) is 5.83. The van der Waals surface area contributed by atoms with Crippen molar-refractivity contribution in [2.75, 3.05) is 5.73 Å². The molecule has 3 N–H and O–H groups in total. The first-order valence-corrected chi connectivity index (χ1v) is 5.89. The Bertz CT molecular complexity index is 606. The molecule has 0 aliphatic heterocycles. The van der Waals surface area contributed by atoms with Crippen molar-refractivity contribution in [3.8, 4) is 0 Å². The van der Waals surface area contributed by atoms with Crippen molar-refractivity contribution in [2.24, 2.45) is 0 Å². The van der Waals surface area contributed by atoms with E-state index < -0.39 is 11.6 Å². The van der Waals surface area contributed by atoms with Gasteiger partial charge in [-0.1, -0.05) is 11.6 Å². The highest BCUT2D eigenvalue weighted by molar-refractivity contribution is 6.05. The summed E-state index contributed by atoms with van der Waals surface area (Å²) in [5.74, 6) is -0.422. The smallest absolute Gasteiger partial charge is 0.357 e. The van der Waals surface area contributed by atoms with Crippen LogP contribution >= 0.6 is 0 Å². The Hall–Kier alpha value is -1.97. The van der Waals surface area contributed by atoms with Crippen LogP contribution in [0.5, 0.6) is 0 Å². The normalized spacial score (nSPS) is 11.8. The number of nitrogens with one attached hydrogen (secondary N) is 1. The second-order valence-corrected chi connectivity index (χ2v) is 5.46. The Balaban J connectivity index is 2.46. The molecule has 4 nitrogen and oxygen atoms in total. The topological polar surface area (TPSA) is 68.1 Å². The molecule has 1 aromatic heterocycles. The number of carbonyl (C=O) groups is 1. The maximum absolute atomic E-state index is 12.0. The maximum atomic E-state index is 12.0. The Labute approximate surface area is 106 Å². The van der Waals surface area contributed by atoms with Crippen LogP contribution in [0, 0.1) is 6.92 Å². The van der Waals surface area contributed by atoms with Crippen LogP contribution in [0.4, 0.5) is 5.69 Å². The number of anilines is 1. The van der Waals surface area contributed by atoms with Gasteiger partial charge in [0.15, 0.2) is 0 Å². The summed E-state index contributed by atoms with van der Waals surface area (Å²) < 4.78 is 5.31. The third-order valence-corrected chi connectivity index (χ3v) is 2.60. The minimum atomic E-state index is -0.531. The molecular weight excluding hydrogens is 228 g/mol. The Morgan fingerprint density at radius 2 is 2.00 bits per heavy atom. The molecule has 0 bridgehead atoms. The number of ether oxygens (including phenoxy) is 1. The molecule has 0 aliphatic rings. The molecule has 4 heteroatoms. The third kappa shape index (κ3) is 2.32. The van der Waals surface area contributed by atoms with Crippen LogP contribution in [-0.2, 0) is 4.74 Å². The average Bonchev–Trinajstić information content (AvgIpc) is 2.54. The van der Waals surface area contributed by atoms with Gasteiger partial charge in [0.05, 0.1) is 5.69 Å². The van der Waals surface area contributed by atoms with E-state index in [0.717, 1.165) is 16.5 Å². The zero-order chi connectivity index (χ0) is 13.5. The molecule has 0 saturated carbocycles. The van der Waals surface area contributed by atoms with Gasteiger partial charge < -0.3 is 15.5 Å². The molecule has 96 valence electrons. The number of H-pyrrole nitrogens is 1. The van der Waals surface area contributed by atoms with E-state index in [1.165, 1.54) is 0 Å². The van der Waals surface area contributed by atoms with Crippen LogP contribution in [-0.4, -0.2) is 16.6 Å². The van der Waals surface area contributed by atoms with Crippen LogP contribution < -0.4 is 5.73 Å². The fourth-order valence-corrected chi connectivity index (χ4v) is 1.82. The van der Waals surface area contributed by atoms with E-state index in [9.17, 15) is 4.79 Å². The van der Waals surface area contributed by atoms with Gasteiger partial charge in [0.25, 0.3) is 0 Å². The summed E-state index contributed by atoms with van der Waals surface area (Å²) in [7, 11) is 0. The molecule has 0 radical (unpaired) electrons. The van der Waals surface area contributed by atoms with Crippen LogP contribution in [0.2, 0.25) is 0 Å². The third-order valence-electron chi connectivity index (χ3n) is 2.60.